The predicted octanol–water partition coefficient (Wildman–Crippen LogP) is 5.46. The van der Waals surface area contributed by atoms with Gasteiger partial charge in [-0.1, -0.05) is 24.3 Å². The molecule has 1 fully saturated rings. The number of benzene rings is 1. The first-order chi connectivity index (χ1) is 9.50. The van der Waals surface area contributed by atoms with Gasteiger partial charge in [-0.3, -0.25) is 0 Å². The van der Waals surface area contributed by atoms with Crippen molar-refractivity contribution >= 4 is 0 Å². The molecule has 0 amide bonds. The van der Waals surface area contributed by atoms with E-state index in [0.29, 0.717) is 0 Å². The van der Waals surface area contributed by atoms with E-state index in [1.165, 1.54) is 29.5 Å². The molecule has 0 heteroatoms. The zero-order valence-electron chi connectivity index (χ0n) is 13.5. The van der Waals surface area contributed by atoms with Gasteiger partial charge in [0.05, 0.1) is 0 Å². The second-order valence-corrected chi connectivity index (χ2v) is 6.80. The van der Waals surface area contributed by atoms with Gasteiger partial charge in [-0.15, -0.1) is 0 Å². The highest BCUT2D eigenvalue weighted by Gasteiger charge is 2.34. The summed E-state index contributed by atoms with van der Waals surface area (Å²) in [6, 6.07) is 0. The van der Waals surface area contributed by atoms with Crippen LogP contribution in [-0.2, 0) is 0 Å². The molecule has 0 aromatic heterocycles. The molecule has 0 nitrogen and oxygen atoms in total. The minimum atomic E-state index is 0.746. The zero-order chi connectivity index (χ0) is 14.4. The van der Waals surface area contributed by atoms with Gasteiger partial charge in [0.1, 0.15) is 0 Å². The summed E-state index contributed by atoms with van der Waals surface area (Å²) in [4.78, 5) is 0. The van der Waals surface area contributed by atoms with Crippen molar-refractivity contribution < 1.29 is 0 Å². The number of fused-ring (bicyclic) bond motifs is 1. The van der Waals surface area contributed by atoms with Crippen molar-refractivity contribution in [2.24, 2.45) is 11.8 Å². The normalized spacial score (nSPS) is 27.9. The van der Waals surface area contributed by atoms with Crippen LogP contribution < -0.4 is 0 Å². The van der Waals surface area contributed by atoms with Gasteiger partial charge in [-0.2, -0.15) is 0 Å². The van der Waals surface area contributed by atoms with Gasteiger partial charge >= 0.3 is 0 Å². The van der Waals surface area contributed by atoms with E-state index in [-0.39, 0.29) is 0 Å². The lowest BCUT2D eigenvalue weighted by Gasteiger charge is -2.23. The van der Waals surface area contributed by atoms with Crippen LogP contribution in [0.25, 0.3) is 0 Å². The van der Waals surface area contributed by atoms with Gasteiger partial charge in [0.2, 0.25) is 0 Å². The molecule has 20 heavy (non-hydrogen) atoms. The Morgan fingerprint density at radius 3 is 1.50 bits per heavy atom. The minimum absolute atomic E-state index is 0.746. The lowest BCUT2D eigenvalue weighted by atomic mass is 9.82. The van der Waals surface area contributed by atoms with E-state index >= 15 is 0 Å². The highest BCUT2D eigenvalue weighted by atomic mass is 14.4. The second kappa shape index (κ2) is 4.91. The fraction of sp³-hybridized carbons (Fsp3) is 0.500. The maximum absolute atomic E-state index is 2.42. The first-order valence-electron chi connectivity index (χ1n) is 7.92. The van der Waals surface area contributed by atoms with E-state index in [2.05, 4.69) is 58.9 Å². The predicted molar refractivity (Wildman–Crippen MR) is 87.4 cm³/mol. The number of hydrogen-bond donors (Lipinski definition) is 0. The van der Waals surface area contributed by atoms with Crippen LogP contribution >= 0.6 is 0 Å². The largest absolute Gasteiger partial charge is 0.0808 e. The Bertz CT molecular complexity index is 552. The Morgan fingerprint density at radius 2 is 1.05 bits per heavy atom. The van der Waals surface area contributed by atoms with E-state index in [1.807, 2.05) is 0 Å². The van der Waals surface area contributed by atoms with Gasteiger partial charge < -0.3 is 0 Å². The fourth-order valence-electron chi connectivity index (χ4n) is 4.34. The third-order valence-corrected chi connectivity index (χ3v) is 5.96. The van der Waals surface area contributed by atoms with Crippen molar-refractivity contribution in [3.63, 3.8) is 0 Å². The summed E-state index contributed by atoms with van der Waals surface area (Å²) in [7, 11) is 0. The van der Waals surface area contributed by atoms with Crippen LogP contribution in [0.5, 0.6) is 0 Å². The molecule has 0 aliphatic heterocycles. The summed E-state index contributed by atoms with van der Waals surface area (Å²) < 4.78 is 0. The molecular formula is C20H26. The Hall–Kier alpha value is -1.30. The average molecular weight is 266 g/mol. The van der Waals surface area contributed by atoms with Gasteiger partial charge in [0.25, 0.3) is 0 Å². The van der Waals surface area contributed by atoms with E-state index < -0.39 is 0 Å². The molecule has 0 bridgehead atoms. The summed E-state index contributed by atoms with van der Waals surface area (Å²) >= 11 is 0. The van der Waals surface area contributed by atoms with Crippen LogP contribution in [0.15, 0.2) is 24.3 Å². The lowest BCUT2D eigenvalue weighted by molar-refractivity contribution is 0.552. The molecule has 0 spiro atoms. The summed E-state index contributed by atoms with van der Waals surface area (Å²) in [5.74, 6) is 2.28. The molecule has 0 heterocycles. The van der Waals surface area contributed by atoms with Crippen LogP contribution in [0, 0.1) is 46.5 Å². The molecule has 1 saturated carbocycles. The smallest absolute Gasteiger partial charge is 0.0145 e. The molecular weight excluding hydrogens is 240 g/mol. The number of rotatable bonds is 1. The highest BCUT2D eigenvalue weighted by Crippen LogP contribution is 2.47. The van der Waals surface area contributed by atoms with E-state index in [1.54, 1.807) is 16.7 Å². The maximum atomic E-state index is 2.42. The zero-order valence-corrected chi connectivity index (χ0v) is 13.5. The number of hydrogen-bond acceptors (Lipinski definition) is 0. The quantitative estimate of drug-likeness (QED) is 0.632. The van der Waals surface area contributed by atoms with Crippen LogP contribution in [-0.4, -0.2) is 0 Å². The molecule has 0 saturated heterocycles. The maximum Gasteiger partial charge on any atom is -0.0145 e. The van der Waals surface area contributed by atoms with Crippen molar-refractivity contribution in [1.29, 1.82) is 0 Å². The van der Waals surface area contributed by atoms with Crippen molar-refractivity contribution in [2.75, 3.05) is 0 Å². The van der Waals surface area contributed by atoms with Crippen LogP contribution in [0.2, 0.25) is 0 Å². The third kappa shape index (κ3) is 1.97. The standard InChI is InChI=1S/C20H26/c1-12-13(2)15(4)20(16(5)14(12)3)19-10-17-8-6-7-9-18(17)11-19/h6-9,17-19H,10-11H2,1-5H3. The molecule has 1 aromatic rings. The summed E-state index contributed by atoms with van der Waals surface area (Å²) in [5, 5.41) is 0. The molecule has 106 valence electrons. The van der Waals surface area contributed by atoms with Gasteiger partial charge in [-0.05, 0) is 98.6 Å². The summed E-state index contributed by atoms with van der Waals surface area (Å²) in [5.41, 5.74) is 9.23. The van der Waals surface area contributed by atoms with Crippen molar-refractivity contribution in [3.8, 4) is 0 Å². The molecule has 1 aromatic carbocycles. The Balaban J connectivity index is 2.04. The Morgan fingerprint density at radius 1 is 0.650 bits per heavy atom. The molecule has 2 atom stereocenters. The average Bonchev–Trinajstić information content (AvgIpc) is 2.86. The first kappa shape index (κ1) is 13.7. The van der Waals surface area contributed by atoms with Crippen molar-refractivity contribution in [2.45, 2.75) is 53.4 Å². The molecule has 2 aliphatic rings. The molecule has 2 unspecified atom stereocenters. The number of allylic oxidation sites excluding steroid dienone is 4. The van der Waals surface area contributed by atoms with Gasteiger partial charge in [-0.25, -0.2) is 0 Å². The van der Waals surface area contributed by atoms with Crippen LogP contribution in [0.1, 0.15) is 52.1 Å². The molecule has 2 aliphatic carbocycles. The van der Waals surface area contributed by atoms with Crippen LogP contribution in [0.4, 0.5) is 0 Å². The molecule has 3 rings (SSSR count). The van der Waals surface area contributed by atoms with Crippen molar-refractivity contribution in [3.05, 3.63) is 57.7 Å². The highest BCUT2D eigenvalue weighted by molar-refractivity contribution is 5.51. The Labute approximate surface area is 123 Å². The first-order valence-corrected chi connectivity index (χ1v) is 7.92. The van der Waals surface area contributed by atoms with Crippen molar-refractivity contribution in [1.82, 2.24) is 0 Å². The van der Waals surface area contributed by atoms with E-state index in [4.69, 9.17) is 0 Å². The summed E-state index contributed by atoms with van der Waals surface area (Å²) in [6.45, 7) is 11.5. The van der Waals surface area contributed by atoms with Crippen LogP contribution in [0.3, 0.4) is 0 Å². The second-order valence-electron chi connectivity index (χ2n) is 6.80. The van der Waals surface area contributed by atoms with Gasteiger partial charge in [0, 0.05) is 0 Å². The topological polar surface area (TPSA) is 0 Å². The van der Waals surface area contributed by atoms with E-state index in [0.717, 1.165) is 17.8 Å². The van der Waals surface area contributed by atoms with E-state index in [9.17, 15) is 0 Å². The monoisotopic (exact) mass is 266 g/mol. The Kier molecular flexibility index (Phi) is 3.36. The third-order valence-electron chi connectivity index (χ3n) is 5.96. The molecule has 0 N–H and O–H groups in total. The fourth-order valence-corrected chi connectivity index (χ4v) is 4.34. The van der Waals surface area contributed by atoms with Gasteiger partial charge in [0.15, 0.2) is 0 Å². The molecule has 0 radical (unpaired) electrons. The summed E-state index contributed by atoms with van der Waals surface area (Å²) in [6.07, 6.45) is 12.0. The lowest BCUT2D eigenvalue weighted by Crippen LogP contribution is -2.06. The SMILES string of the molecule is Cc1c(C)c(C)c(C2CC3C=CC=CC3C2)c(C)c1C. The minimum Gasteiger partial charge on any atom is -0.0808 e.